The predicted molar refractivity (Wildman–Crippen MR) is 171 cm³/mol. The van der Waals surface area contributed by atoms with Crippen LogP contribution in [0.3, 0.4) is 0 Å². The van der Waals surface area contributed by atoms with Crippen LogP contribution in [0.15, 0.2) is 99.0 Å². The number of aryl methyl sites for hydroxylation is 1. The maximum Gasteiger partial charge on any atom is 0.271 e. The fourth-order valence-electron chi connectivity index (χ4n) is 3.77. The van der Waals surface area contributed by atoms with E-state index < -0.39 is 5.91 Å². The Balaban J connectivity index is 1.33. The summed E-state index contributed by atoms with van der Waals surface area (Å²) in [6, 6.07) is 25.8. The molecule has 0 saturated carbocycles. The monoisotopic (exact) mass is 693 g/mol. The molecule has 4 aromatic rings. The number of anilines is 1. The van der Waals surface area contributed by atoms with E-state index in [1.807, 2.05) is 68.4 Å². The molecule has 42 heavy (non-hydrogen) atoms. The summed E-state index contributed by atoms with van der Waals surface area (Å²) in [5.74, 6) is 0.800. The zero-order chi connectivity index (χ0) is 29.9. The molecule has 4 aromatic carbocycles. The van der Waals surface area contributed by atoms with E-state index in [0.29, 0.717) is 56.2 Å². The van der Waals surface area contributed by atoms with Crippen molar-refractivity contribution in [3.8, 4) is 17.2 Å². The molecule has 0 fully saturated rings. The number of carbonyl (C=O) groups excluding carboxylic acids is 2. The Kier molecular flexibility index (Phi) is 11.1. The van der Waals surface area contributed by atoms with Crippen LogP contribution in [0.1, 0.15) is 34.0 Å². The first-order valence-electron chi connectivity index (χ1n) is 13.1. The van der Waals surface area contributed by atoms with Gasteiger partial charge in [-0.1, -0.05) is 48.0 Å². The average molecular weight is 695 g/mol. The van der Waals surface area contributed by atoms with E-state index >= 15 is 0 Å². The highest BCUT2D eigenvalue weighted by Gasteiger charge is 2.13. The molecule has 0 aliphatic carbocycles. The van der Waals surface area contributed by atoms with Crippen molar-refractivity contribution in [2.24, 2.45) is 5.10 Å². The van der Waals surface area contributed by atoms with Crippen molar-refractivity contribution in [2.75, 3.05) is 18.5 Å². The molecule has 0 bridgehead atoms. The summed E-state index contributed by atoms with van der Waals surface area (Å²) in [6.45, 7) is 4.48. The molecular weight excluding hydrogens is 666 g/mol. The Bertz CT molecular complexity index is 1540. The third-order valence-corrected chi connectivity index (χ3v) is 7.00. The summed E-state index contributed by atoms with van der Waals surface area (Å²) in [5, 5.41) is 6.89. The zero-order valence-electron chi connectivity index (χ0n) is 23.0. The highest BCUT2D eigenvalue weighted by molar-refractivity contribution is 9.11. The molecule has 2 N–H and O–H groups in total. The van der Waals surface area contributed by atoms with E-state index in [1.54, 1.807) is 30.3 Å². The number of carbonyl (C=O) groups is 2. The number of nitrogens with zero attached hydrogens (tertiary/aromatic N) is 1. The summed E-state index contributed by atoms with van der Waals surface area (Å²) in [7, 11) is 0. The smallest absolute Gasteiger partial charge is 0.271 e. The molecule has 0 saturated heterocycles. The van der Waals surface area contributed by atoms with Gasteiger partial charge in [-0.25, -0.2) is 5.43 Å². The molecule has 8 nitrogen and oxygen atoms in total. The molecule has 2 amide bonds. The minimum atomic E-state index is -0.403. The lowest BCUT2D eigenvalue weighted by atomic mass is 10.2. The van der Waals surface area contributed by atoms with Gasteiger partial charge in [0.1, 0.15) is 12.4 Å². The molecule has 216 valence electrons. The van der Waals surface area contributed by atoms with Gasteiger partial charge in [0, 0.05) is 11.3 Å². The van der Waals surface area contributed by atoms with Gasteiger partial charge in [-0.05, 0) is 99.3 Å². The number of benzene rings is 4. The van der Waals surface area contributed by atoms with Crippen molar-refractivity contribution >= 4 is 55.6 Å². The van der Waals surface area contributed by atoms with Crippen LogP contribution in [0.25, 0.3) is 0 Å². The summed E-state index contributed by atoms with van der Waals surface area (Å²) in [6.07, 6.45) is 1.50. The number of amides is 2. The van der Waals surface area contributed by atoms with Crippen molar-refractivity contribution in [3.05, 3.63) is 116 Å². The van der Waals surface area contributed by atoms with Crippen molar-refractivity contribution in [2.45, 2.75) is 20.5 Å². The van der Waals surface area contributed by atoms with Crippen LogP contribution in [-0.2, 0) is 11.4 Å². The summed E-state index contributed by atoms with van der Waals surface area (Å²) < 4.78 is 18.6. The number of ether oxygens (including phenoxy) is 3. The lowest BCUT2D eigenvalue weighted by Crippen LogP contribution is -2.20. The van der Waals surface area contributed by atoms with E-state index in [1.165, 1.54) is 6.21 Å². The Hall–Kier alpha value is -4.15. The van der Waals surface area contributed by atoms with Crippen molar-refractivity contribution in [3.63, 3.8) is 0 Å². The first-order valence-corrected chi connectivity index (χ1v) is 14.7. The van der Waals surface area contributed by atoms with Crippen LogP contribution in [0.2, 0.25) is 0 Å². The second-order valence-corrected chi connectivity index (χ2v) is 10.8. The predicted octanol–water partition coefficient (Wildman–Crippen LogP) is 7.28. The van der Waals surface area contributed by atoms with Gasteiger partial charge in [0.25, 0.3) is 11.8 Å². The normalized spacial score (nSPS) is 10.8. The second kappa shape index (κ2) is 15.2. The number of hydrogen-bond donors (Lipinski definition) is 2. The van der Waals surface area contributed by atoms with Crippen molar-refractivity contribution in [1.29, 1.82) is 0 Å². The Morgan fingerprint density at radius 1 is 0.857 bits per heavy atom. The molecule has 0 heterocycles. The quantitative estimate of drug-likeness (QED) is 0.120. The van der Waals surface area contributed by atoms with Crippen LogP contribution in [0.5, 0.6) is 17.2 Å². The molecular formula is C32H29Br2N3O5. The van der Waals surface area contributed by atoms with Crippen LogP contribution in [-0.4, -0.2) is 31.2 Å². The highest BCUT2D eigenvalue weighted by atomic mass is 79.9. The summed E-state index contributed by atoms with van der Waals surface area (Å²) >= 11 is 6.95. The van der Waals surface area contributed by atoms with Crippen LogP contribution in [0, 0.1) is 6.92 Å². The van der Waals surface area contributed by atoms with Gasteiger partial charge in [0.15, 0.2) is 18.1 Å². The van der Waals surface area contributed by atoms with Crippen LogP contribution in [0.4, 0.5) is 5.69 Å². The molecule has 0 unspecified atom stereocenters. The first-order chi connectivity index (χ1) is 20.3. The molecule has 10 heteroatoms. The molecule has 0 aromatic heterocycles. The van der Waals surface area contributed by atoms with E-state index in [-0.39, 0.29) is 12.5 Å². The second-order valence-electron chi connectivity index (χ2n) is 9.08. The lowest BCUT2D eigenvalue weighted by molar-refractivity contribution is -0.118. The maximum atomic E-state index is 12.8. The van der Waals surface area contributed by atoms with Crippen molar-refractivity contribution < 1.29 is 23.8 Å². The molecule has 0 aliphatic rings. The minimum absolute atomic E-state index is 0.172. The van der Waals surface area contributed by atoms with Gasteiger partial charge < -0.3 is 19.5 Å². The number of hydrogen-bond acceptors (Lipinski definition) is 6. The number of nitrogens with one attached hydrogen (secondary N) is 2. The molecule has 0 aliphatic heterocycles. The SMILES string of the molecule is CCOc1cc(C(=O)N/N=C/c2cc(Br)c(OCC(=O)Nc3ccc(C)cc3)c(Br)c2)ccc1OCc1ccccc1. The Labute approximate surface area is 261 Å². The standard InChI is InChI=1S/C32H29Br2N3O5/c1-3-40-29-17-24(11-14-28(29)41-19-22-7-5-4-6-8-22)32(39)37-35-18-23-15-26(33)31(27(34)16-23)42-20-30(38)36-25-12-9-21(2)10-13-25/h4-18H,3,19-20H2,1-2H3,(H,36,38)(H,37,39)/b35-18+. The van der Waals surface area contributed by atoms with Gasteiger partial charge >= 0.3 is 0 Å². The van der Waals surface area contributed by atoms with Gasteiger partial charge in [-0.2, -0.15) is 5.10 Å². The molecule has 0 spiro atoms. The van der Waals surface area contributed by atoms with E-state index in [4.69, 9.17) is 14.2 Å². The van der Waals surface area contributed by atoms with Gasteiger partial charge in [0.2, 0.25) is 0 Å². The van der Waals surface area contributed by atoms with Gasteiger partial charge in [0.05, 0.1) is 21.8 Å². The van der Waals surface area contributed by atoms with E-state index in [2.05, 4.69) is 47.7 Å². The lowest BCUT2D eigenvalue weighted by Gasteiger charge is -2.13. The maximum absolute atomic E-state index is 12.8. The Morgan fingerprint density at radius 2 is 1.57 bits per heavy atom. The largest absolute Gasteiger partial charge is 0.490 e. The molecule has 4 rings (SSSR count). The van der Waals surface area contributed by atoms with Gasteiger partial charge in [-0.15, -0.1) is 0 Å². The zero-order valence-corrected chi connectivity index (χ0v) is 26.2. The highest BCUT2D eigenvalue weighted by Crippen LogP contribution is 2.34. The van der Waals surface area contributed by atoms with Crippen LogP contribution >= 0.6 is 31.9 Å². The first kappa shape index (κ1) is 30.8. The average Bonchev–Trinajstić information content (AvgIpc) is 2.98. The van der Waals surface area contributed by atoms with Crippen LogP contribution < -0.4 is 25.0 Å². The third kappa shape index (κ3) is 8.92. The number of hydrazone groups is 1. The van der Waals surface area contributed by atoms with Gasteiger partial charge in [-0.3, -0.25) is 9.59 Å². The topological polar surface area (TPSA) is 98.3 Å². The summed E-state index contributed by atoms with van der Waals surface area (Å²) in [5.41, 5.74) is 6.42. The van der Waals surface area contributed by atoms with E-state index in [9.17, 15) is 9.59 Å². The number of rotatable bonds is 12. The Morgan fingerprint density at radius 3 is 2.26 bits per heavy atom. The van der Waals surface area contributed by atoms with E-state index in [0.717, 1.165) is 11.1 Å². The molecule has 0 atom stereocenters. The minimum Gasteiger partial charge on any atom is -0.490 e. The number of halogens is 2. The van der Waals surface area contributed by atoms with Crippen molar-refractivity contribution in [1.82, 2.24) is 5.43 Å². The molecule has 0 radical (unpaired) electrons. The fourth-order valence-corrected chi connectivity index (χ4v) is 5.22. The summed E-state index contributed by atoms with van der Waals surface area (Å²) in [4.78, 5) is 25.1. The third-order valence-electron chi connectivity index (χ3n) is 5.83. The fraction of sp³-hybridized carbons (Fsp3) is 0.156.